The maximum atomic E-state index is 10.9. The molecule has 0 amide bonds. The minimum Gasteiger partial charge on any atom is -0.489 e. The first-order valence-electron chi connectivity index (χ1n) is 6.51. The second kappa shape index (κ2) is 5.21. The van der Waals surface area contributed by atoms with Crippen LogP contribution in [-0.4, -0.2) is 11.3 Å². The number of carbonyl (C=O) groups excluding carboxylic acids is 1. The highest BCUT2D eigenvalue weighted by Gasteiger charge is 2.04. The van der Waals surface area contributed by atoms with Crippen LogP contribution >= 0.6 is 0 Å². The Kier molecular flexibility index (Phi) is 3.25. The summed E-state index contributed by atoms with van der Waals surface area (Å²) in [5, 5.41) is 0.890. The number of rotatable bonds is 4. The van der Waals surface area contributed by atoms with Crippen LogP contribution in [0.15, 0.2) is 48.7 Å². The van der Waals surface area contributed by atoms with Gasteiger partial charge in [0.05, 0.1) is 0 Å². The van der Waals surface area contributed by atoms with Gasteiger partial charge in [-0.2, -0.15) is 0 Å². The number of H-pyrrole nitrogens is 1. The molecule has 0 aliphatic heterocycles. The zero-order valence-electron chi connectivity index (χ0n) is 11.2. The van der Waals surface area contributed by atoms with E-state index in [1.165, 1.54) is 5.56 Å². The summed E-state index contributed by atoms with van der Waals surface area (Å²) in [7, 11) is 0. The number of carbonyl (C=O) groups is 1. The van der Waals surface area contributed by atoms with Crippen LogP contribution in [0.25, 0.3) is 10.9 Å². The van der Waals surface area contributed by atoms with Crippen LogP contribution < -0.4 is 4.74 Å². The Bertz CT molecular complexity index is 741. The summed E-state index contributed by atoms with van der Waals surface area (Å²) in [6, 6.07) is 14.0. The van der Waals surface area contributed by atoms with E-state index in [1.54, 1.807) is 6.20 Å². The molecule has 0 saturated carbocycles. The normalized spacial score (nSPS) is 10.7. The van der Waals surface area contributed by atoms with Gasteiger partial charge in [-0.05, 0) is 30.7 Å². The molecule has 0 bridgehead atoms. The van der Waals surface area contributed by atoms with Crippen LogP contribution in [0.3, 0.4) is 0 Å². The molecule has 3 aromatic rings. The van der Waals surface area contributed by atoms with Crippen molar-refractivity contribution >= 4 is 17.2 Å². The Balaban J connectivity index is 1.80. The summed E-state index contributed by atoms with van der Waals surface area (Å²) in [6.45, 7) is 2.58. The molecular formula is C17H15NO2. The molecule has 1 heterocycles. The van der Waals surface area contributed by atoms with Gasteiger partial charge in [0.2, 0.25) is 0 Å². The smallest absolute Gasteiger partial charge is 0.152 e. The molecule has 20 heavy (non-hydrogen) atoms. The first-order chi connectivity index (χ1) is 9.76. The minimum atomic E-state index is 0.520. The molecule has 2 aromatic carbocycles. The summed E-state index contributed by atoms with van der Waals surface area (Å²) in [5.41, 5.74) is 3.95. The summed E-state index contributed by atoms with van der Waals surface area (Å²) in [4.78, 5) is 14.0. The molecular weight excluding hydrogens is 250 g/mol. The maximum absolute atomic E-state index is 10.9. The van der Waals surface area contributed by atoms with Crippen LogP contribution in [0, 0.1) is 6.92 Å². The number of ether oxygens (including phenoxy) is 1. The van der Waals surface area contributed by atoms with Crippen LogP contribution in [-0.2, 0) is 6.61 Å². The molecule has 3 heteroatoms. The first kappa shape index (κ1) is 12.5. The highest BCUT2D eigenvalue weighted by atomic mass is 16.5. The summed E-state index contributed by atoms with van der Waals surface area (Å²) in [6.07, 6.45) is 2.56. The van der Waals surface area contributed by atoms with Crippen molar-refractivity contribution in [2.24, 2.45) is 0 Å². The number of nitrogens with one attached hydrogen (secondary N) is 1. The fourth-order valence-corrected chi connectivity index (χ4v) is 2.16. The highest BCUT2D eigenvalue weighted by molar-refractivity contribution is 5.97. The number of fused-ring (bicyclic) bond motifs is 1. The standard InChI is InChI=1S/C17H15NO2/c1-12-2-4-13(5-3-12)11-20-15-6-7-17-16(8-15)14(10-19)9-18-17/h2-10,18H,11H2,1H3. The van der Waals surface area contributed by atoms with Gasteiger partial charge in [0, 0.05) is 22.7 Å². The van der Waals surface area contributed by atoms with Gasteiger partial charge in [-0.15, -0.1) is 0 Å². The van der Waals surface area contributed by atoms with E-state index in [1.807, 2.05) is 18.2 Å². The lowest BCUT2D eigenvalue weighted by molar-refractivity contribution is 0.112. The van der Waals surface area contributed by atoms with Crippen molar-refractivity contribution in [1.82, 2.24) is 4.98 Å². The van der Waals surface area contributed by atoms with E-state index < -0.39 is 0 Å². The topological polar surface area (TPSA) is 42.1 Å². The number of hydrogen-bond acceptors (Lipinski definition) is 2. The second-order valence-corrected chi connectivity index (χ2v) is 4.84. The molecule has 1 aromatic heterocycles. The van der Waals surface area contributed by atoms with Crippen molar-refractivity contribution in [3.63, 3.8) is 0 Å². The van der Waals surface area contributed by atoms with Crippen molar-refractivity contribution in [3.8, 4) is 5.75 Å². The Morgan fingerprint density at radius 2 is 1.95 bits per heavy atom. The van der Waals surface area contributed by atoms with Crippen molar-refractivity contribution in [2.75, 3.05) is 0 Å². The number of aromatic amines is 1. The largest absolute Gasteiger partial charge is 0.489 e. The molecule has 0 fully saturated rings. The third-order valence-electron chi connectivity index (χ3n) is 3.34. The molecule has 100 valence electrons. The molecule has 1 N–H and O–H groups in total. The maximum Gasteiger partial charge on any atom is 0.152 e. The zero-order valence-corrected chi connectivity index (χ0v) is 11.2. The van der Waals surface area contributed by atoms with Gasteiger partial charge in [-0.1, -0.05) is 29.8 Å². The van der Waals surface area contributed by atoms with E-state index in [2.05, 4.69) is 36.2 Å². The fourth-order valence-electron chi connectivity index (χ4n) is 2.16. The monoisotopic (exact) mass is 265 g/mol. The van der Waals surface area contributed by atoms with Crippen LogP contribution in [0.1, 0.15) is 21.5 Å². The summed E-state index contributed by atoms with van der Waals surface area (Å²) < 4.78 is 5.78. The van der Waals surface area contributed by atoms with Gasteiger partial charge < -0.3 is 9.72 Å². The number of aldehydes is 1. The van der Waals surface area contributed by atoms with Gasteiger partial charge in [-0.25, -0.2) is 0 Å². The van der Waals surface area contributed by atoms with Gasteiger partial charge in [0.1, 0.15) is 12.4 Å². The Morgan fingerprint density at radius 3 is 2.70 bits per heavy atom. The summed E-state index contributed by atoms with van der Waals surface area (Å²) in [5.74, 6) is 0.765. The molecule has 0 saturated heterocycles. The van der Waals surface area contributed by atoms with E-state index in [-0.39, 0.29) is 0 Å². The molecule has 0 unspecified atom stereocenters. The zero-order chi connectivity index (χ0) is 13.9. The first-order valence-corrected chi connectivity index (χ1v) is 6.51. The van der Waals surface area contributed by atoms with Gasteiger partial charge in [-0.3, -0.25) is 4.79 Å². The third-order valence-corrected chi connectivity index (χ3v) is 3.34. The predicted octanol–water partition coefficient (Wildman–Crippen LogP) is 3.87. The molecule has 0 aliphatic rings. The molecule has 0 atom stereocenters. The van der Waals surface area contributed by atoms with E-state index in [0.717, 1.165) is 28.5 Å². The van der Waals surface area contributed by atoms with Crippen molar-refractivity contribution in [2.45, 2.75) is 13.5 Å². The fraction of sp³-hybridized carbons (Fsp3) is 0.118. The van der Waals surface area contributed by atoms with Gasteiger partial charge in [0.25, 0.3) is 0 Å². The highest BCUT2D eigenvalue weighted by Crippen LogP contribution is 2.23. The molecule has 3 nitrogen and oxygen atoms in total. The lowest BCUT2D eigenvalue weighted by atomic mass is 10.1. The molecule has 3 rings (SSSR count). The molecule has 0 radical (unpaired) electrons. The molecule has 0 aliphatic carbocycles. The van der Waals surface area contributed by atoms with Crippen LogP contribution in [0.2, 0.25) is 0 Å². The Labute approximate surface area is 117 Å². The van der Waals surface area contributed by atoms with Crippen molar-refractivity contribution in [1.29, 1.82) is 0 Å². The second-order valence-electron chi connectivity index (χ2n) is 4.84. The number of aryl methyl sites for hydroxylation is 1. The lowest BCUT2D eigenvalue weighted by Crippen LogP contribution is -1.95. The molecule has 0 spiro atoms. The van der Waals surface area contributed by atoms with E-state index >= 15 is 0 Å². The average Bonchev–Trinajstić information content (AvgIpc) is 2.89. The van der Waals surface area contributed by atoms with Gasteiger partial charge in [0.15, 0.2) is 6.29 Å². The van der Waals surface area contributed by atoms with Crippen LogP contribution in [0.4, 0.5) is 0 Å². The third kappa shape index (κ3) is 2.43. The predicted molar refractivity (Wildman–Crippen MR) is 79.2 cm³/mol. The number of hydrogen-bond donors (Lipinski definition) is 1. The van der Waals surface area contributed by atoms with Crippen LogP contribution in [0.5, 0.6) is 5.75 Å². The average molecular weight is 265 g/mol. The Hall–Kier alpha value is -2.55. The van der Waals surface area contributed by atoms with E-state index in [0.29, 0.717) is 12.2 Å². The number of aromatic nitrogens is 1. The quantitative estimate of drug-likeness (QED) is 0.728. The van der Waals surface area contributed by atoms with Gasteiger partial charge >= 0.3 is 0 Å². The van der Waals surface area contributed by atoms with E-state index in [9.17, 15) is 4.79 Å². The van der Waals surface area contributed by atoms with Crippen molar-refractivity contribution < 1.29 is 9.53 Å². The lowest BCUT2D eigenvalue weighted by Gasteiger charge is -2.07. The van der Waals surface area contributed by atoms with E-state index in [4.69, 9.17) is 4.74 Å². The Morgan fingerprint density at radius 1 is 1.15 bits per heavy atom. The summed E-state index contributed by atoms with van der Waals surface area (Å²) >= 11 is 0. The minimum absolute atomic E-state index is 0.520. The van der Waals surface area contributed by atoms with Crippen molar-refractivity contribution in [3.05, 3.63) is 65.4 Å². The number of benzene rings is 2. The SMILES string of the molecule is Cc1ccc(COc2ccc3[nH]cc(C=O)c3c2)cc1.